The van der Waals surface area contributed by atoms with Crippen LogP contribution in [0.2, 0.25) is 0 Å². The van der Waals surface area contributed by atoms with E-state index in [1.807, 2.05) is 0 Å². The van der Waals surface area contributed by atoms with Crippen molar-refractivity contribution in [2.45, 2.75) is 193 Å². The highest BCUT2D eigenvalue weighted by Crippen LogP contribution is 2.14. The van der Waals surface area contributed by atoms with Crippen LogP contribution >= 0.6 is 0 Å². The molecule has 4 heteroatoms. The molecule has 0 fully saturated rings. The summed E-state index contributed by atoms with van der Waals surface area (Å²) in [6, 6.07) is 0. The minimum atomic E-state index is 0.359. The second-order valence-corrected chi connectivity index (χ2v) is 11.5. The van der Waals surface area contributed by atoms with E-state index in [2.05, 4.69) is 0 Å². The summed E-state index contributed by atoms with van der Waals surface area (Å²) in [5.74, 6) is 0. The molecule has 0 spiro atoms. The van der Waals surface area contributed by atoms with E-state index in [4.69, 9.17) is 20.4 Å². The van der Waals surface area contributed by atoms with Crippen molar-refractivity contribution in [3.05, 3.63) is 0 Å². The standard InChI is InChI=1S/C18H38O2.C16H34O2/c19-17-15-13-11-9-7-5-3-1-2-4-6-8-10-12-14-16-18-20;17-15-13-11-9-7-5-3-1-2-4-6-8-10-12-14-16-18/h19-20H,1-18H2;17-18H,1-16H2. The molecule has 232 valence electrons. The quantitative estimate of drug-likeness (QED) is 0.0635. The summed E-state index contributed by atoms with van der Waals surface area (Å²) in [6.45, 7) is 1.44. The monoisotopic (exact) mass is 545 g/mol. The van der Waals surface area contributed by atoms with E-state index in [0.29, 0.717) is 26.4 Å². The van der Waals surface area contributed by atoms with Crippen LogP contribution in [0.5, 0.6) is 0 Å². The Bertz CT molecular complexity index is 330. The molecule has 0 rings (SSSR count). The topological polar surface area (TPSA) is 80.9 Å². The van der Waals surface area contributed by atoms with E-state index in [-0.39, 0.29) is 0 Å². The molecule has 38 heavy (non-hydrogen) atoms. The first-order valence-electron chi connectivity index (χ1n) is 17.3. The van der Waals surface area contributed by atoms with Crippen LogP contribution in [0.25, 0.3) is 0 Å². The molecule has 0 unspecified atom stereocenters. The fourth-order valence-electron chi connectivity index (χ4n) is 5.04. The number of hydrogen-bond acceptors (Lipinski definition) is 4. The van der Waals surface area contributed by atoms with Crippen LogP contribution in [0.15, 0.2) is 0 Å². The molecular weight excluding hydrogens is 472 g/mol. The van der Waals surface area contributed by atoms with E-state index >= 15 is 0 Å². The Kier molecular flexibility index (Phi) is 43.5. The maximum Gasteiger partial charge on any atom is 0.0431 e. The van der Waals surface area contributed by atoms with E-state index in [9.17, 15) is 0 Å². The van der Waals surface area contributed by atoms with Crippen LogP contribution in [0.3, 0.4) is 0 Å². The average molecular weight is 545 g/mol. The SMILES string of the molecule is OCCCCCCCCCCCCCCCCCCO.OCCCCCCCCCCCCCCCCO. The summed E-state index contributed by atoms with van der Waals surface area (Å²) < 4.78 is 0. The van der Waals surface area contributed by atoms with Crippen molar-refractivity contribution in [3.63, 3.8) is 0 Å². The van der Waals surface area contributed by atoms with Crippen LogP contribution in [-0.4, -0.2) is 46.9 Å². The minimum Gasteiger partial charge on any atom is -0.396 e. The van der Waals surface area contributed by atoms with Crippen molar-refractivity contribution < 1.29 is 20.4 Å². The molecule has 0 saturated carbocycles. The van der Waals surface area contributed by atoms with Gasteiger partial charge in [-0.05, 0) is 25.7 Å². The highest BCUT2D eigenvalue weighted by atomic mass is 16.3. The Morgan fingerprint density at radius 1 is 0.132 bits per heavy atom. The molecule has 0 aliphatic heterocycles. The molecule has 0 aromatic heterocycles. The molecule has 4 nitrogen and oxygen atoms in total. The van der Waals surface area contributed by atoms with Crippen LogP contribution in [0, 0.1) is 0 Å². The lowest BCUT2D eigenvalue weighted by Crippen LogP contribution is -1.85. The Balaban J connectivity index is 0. The highest BCUT2D eigenvalue weighted by molar-refractivity contribution is 4.51. The second-order valence-electron chi connectivity index (χ2n) is 11.5. The predicted molar refractivity (Wildman–Crippen MR) is 167 cm³/mol. The smallest absolute Gasteiger partial charge is 0.0431 e. The highest BCUT2D eigenvalue weighted by Gasteiger charge is 1.95. The van der Waals surface area contributed by atoms with Crippen molar-refractivity contribution >= 4 is 0 Å². The predicted octanol–water partition coefficient (Wildman–Crippen LogP) is 9.65. The maximum atomic E-state index is 8.67. The third-order valence-electron chi connectivity index (χ3n) is 7.63. The van der Waals surface area contributed by atoms with Crippen LogP contribution < -0.4 is 0 Å². The van der Waals surface area contributed by atoms with Crippen molar-refractivity contribution in [2.24, 2.45) is 0 Å². The summed E-state index contributed by atoms with van der Waals surface area (Å²) in [4.78, 5) is 0. The molecule has 0 aromatic rings. The van der Waals surface area contributed by atoms with E-state index in [1.54, 1.807) is 0 Å². The van der Waals surface area contributed by atoms with Gasteiger partial charge < -0.3 is 20.4 Å². The van der Waals surface area contributed by atoms with Crippen molar-refractivity contribution in [1.29, 1.82) is 0 Å². The van der Waals surface area contributed by atoms with Gasteiger partial charge in [0.1, 0.15) is 0 Å². The van der Waals surface area contributed by atoms with Gasteiger partial charge in [0.05, 0.1) is 0 Å². The number of aliphatic hydroxyl groups is 4. The fraction of sp³-hybridized carbons (Fsp3) is 1.00. The van der Waals surface area contributed by atoms with E-state index < -0.39 is 0 Å². The number of hydrogen-bond donors (Lipinski definition) is 4. The molecule has 0 radical (unpaired) electrons. The summed E-state index contributed by atoms with van der Waals surface area (Å²) in [6.07, 6.45) is 38.9. The molecule has 4 N–H and O–H groups in total. The van der Waals surface area contributed by atoms with Gasteiger partial charge >= 0.3 is 0 Å². The molecular formula is C34H72O4. The van der Waals surface area contributed by atoms with Gasteiger partial charge in [0.25, 0.3) is 0 Å². The first-order valence-corrected chi connectivity index (χ1v) is 17.3. The molecule has 0 atom stereocenters. The molecule has 0 heterocycles. The van der Waals surface area contributed by atoms with Gasteiger partial charge in [-0.25, -0.2) is 0 Å². The fourth-order valence-corrected chi connectivity index (χ4v) is 5.04. The van der Waals surface area contributed by atoms with Gasteiger partial charge in [-0.2, -0.15) is 0 Å². The van der Waals surface area contributed by atoms with Gasteiger partial charge in [0.15, 0.2) is 0 Å². The molecule has 0 aliphatic rings. The van der Waals surface area contributed by atoms with E-state index in [0.717, 1.165) is 25.7 Å². The van der Waals surface area contributed by atoms with Crippen LogP contribution in [0.4, 0.5) is 0 Å². The first kappa shape index (κ1) is 40.0. The van der Waals surface area contributed by atoms with Gasteiger partial charge in [0, 0.05) is 26.4 Å². The Hall–Kier alpha value is -0.160. The van der Waals surface area contributed by atoms with Gasteiger partial charge in [0.2, 0.25) is 0 Å². The zero-order valence-electron chi connectivity index (χ0n) is 25.8. The Morgan fingerprint density at radius 2 is 0.211 bits per heavy atom. The van der Waals surface area contributed by atoms with Gasteiger partial charge in [-0.3, -0.25) is 0 Å². The Labute approximate surface area is 239 Å². The zero-order valence-corrected chi connectivity index (χ0v) is 25.8. The summed E-state index contributed by atoms with van der Waals surface area (Å²) in [7, 11) is 0. The first-order chi connectivity index (χ1) is 18.8. The lowest BCUT2D eigenvalue weighted by Gasteiger charge is -2.03. The third kappa shape index (κ3) is 42.9. The summed E-state index contributed by atoms with van der Waals surface area (Å²) in [5.41, 5.74) is 0. The second kappa shape index (κ2) is 41.3. The third-order valence-corrected chi connectivity index (χ3v) is 7.63. The van der Waals surface area contributed by atoms with Crippen molar-refractivity contribution in [2.75, 3.05) is 26.4 Å². The lowest BCUT2D eigenvalue weighted by atomic mass is 10.0. The van der Waals surface area contributed by atoms with Gasteiger partial charge in [-0.1, -0.05) is 167 Å². The lowest BCUT2D eigenvalue weighted by molar-refractivity contribution is 0.282. The Morgan fingerprint density at radius 3 is 0.289 bits per heavy atom. The number of rotatable bonds is 32. The molecule has 0 amide bonds. The largest absolute Gasteiger partial charge is 0.396 e. The number of unbranched alkanes of at least 4 members (excludes halogenated alkanes) is 28. The van der Waals surface area contributed by atoms with Gasteiger partial charge in [-0.15, -0.1) is 0 Å². The normalized spacial score (nSPS) is 11.1. The molecule has 0 aliphatic carbocycles. The molecule has 0 saturated heterocycles. The van der Waals surface area contributed by atoms with Crippen molar-refractivity contribution in [3.8, 4) is 0 Å². The molecule has 0 aromatic carbocycles. The average Bonchev–Trinajstić information content (AvgIpc) is 2.93. The zero-order chi connectivity index (χ0) is 28.0. The summed E-state index contributed by atoms with van der Waals surface area (Å²) in [5, 5.41) is 34.6. The van der Waals surface area contributed by atoms with E-state index in [1.165, 1.54) is 167 Å². The number of aliphatic hydroxyl groups excluding tert-OH is 4. The summed E-state index contributed by atoms with van der Waals surface area (Å²) >= 11 is 0. The molecule has 0 bridgehead atoms. The van der Waals surface area contributed by atoms with Crippen LogP contribution in [0.1, 0.15) is 193 Å². The maximum absolute atomic E-state index is 8.67. The minimum absolute atomic E-state index is 0.359. The van der Waals surface area contributed by atoms with Crippen LogP contribution in [-0.2, 0) is 0 Å². The van der Waals surface area contributed by atoms with Crippen molar-refractivity contribution in [1.82, 2.24) is 0 Å².